The maximum absolute atomic E-state index is 5.41. The number of unbranched alkanes of at least 4 members (excludes halogenated alkanes) is 1. The van der Waals surface area contributed by atoms with Gasteiger partial charge >= 0.3 is 0 Å². The first-order valence-corrected chi connectivity index (χ1v) is 5.23. The van der Waals surface area contributed by atoms with Crippen LogP contribution in [-0.2, 0) is 4.74 Å². The number of benzene rings is 1. The molecule has 1 rings (SSSR count). The Hall–Kier alpha value is -1.08. The Morgan fingerprint density at radius 1 is 1.21 bits per heavy atom. The van der Waals surface area contributed by atoms with Gasteiger partial charge in [-0.2, -0.15) is 0 Å². The first-order chi connectivity index (χ1) is 6.93. The molecule has 0 bridgehead atoms. The van der Waals surface area contributed by atoms with E-state index in [1.54, 1.807) is 0 Å². The minimum absolute atomic E-state index is 0.717. The highest BCUT2D eigenvalue weighted by Crippen LogP contribution is 2.00. The predicted molar refractivity (Wildman–Crippen MR) is 61.2 cm³/mol. The van der Waals surface area contributed by atoms with Crippen molar-refractivity contribution in [2.24, 2.45) is 0 Å². The molecule has 0 fully saturated rings. The number of hydrogen-bond donors (Lipinski definition) is 0. The SMILES string of the molecule is CCCCOC/C=C/c1ccccc1. The lowest BCUT2D eigenvalue weighted by Gasteiger charge is -1.97. The van der Waals surface area contributed by atoms with Gasteiger partial charge in [0.25, 0.3) is 0 Å². The Morgan fingerprint density at radius 3 is 2.71 bits per heavy atom. The lowest BCUT2D eigenvalue weighted by atomic mass is 10.2. The first-order valence-electron chi connectivity index (χ1n) is 5.23. The average Bonchev–Trinajstić information content (AvgIpc) is 2.25. The molecule has 0 radical (unpaired) electrons. The molecule has 1 aromatic carbocycles. The van der Waals surface area contributed by atoms with Gasteiger partial charge in [-0.25, -0.2) is 0 Å². The van der Waals surface area contributed by atoms with Crippen LogP contribution in [0.3, 0.4) is 0 Å². The summed E-state index contributed by atoms with van der Waals surface area (Å²) in [5.74, 6) is 0. The van der Waals surface area contributed by atoms with Crippen molar-refractivity contribution in [2.75, 3.05) is 13.2 Å². The van der Waals surface area contributed by atoms with Gasteiger partial charge in [-0.1, -0.05) is 55.8 Å². The molecule has 0 spiro atoms. The highest BCUT2D eigenvalue weighted by Gasteiger charge is 1.84. The standard InChI is InChI=1S/C13H18O/c1-2-3-11-14-12-7-10-13-8-5-4-6-9-13/h4-10H,2-3,11-12H2,1H3/b10-7+. The number of rotatable bonds is 6. The quantitative estimate of drug-likeness (QED) is 0.624. The minimum Gasteiger partial charge on any atom is -0.377 e. The molecule has 14 heavy (non-hydrogen) atoms. The van der Waals surface area contributed by atoms with Crippen LogP contribution in [-0.4, -0.2) is 13.2 Å². The van der Waals surface area contributed by atoms with E-state index >= 15 is 0 Å². The maximum Gasteiger partial charge on any atom is 0.0650 e. The van der Waals surface area contributed by atoms with Crippen molar-refractivity contribution >= 4 is 6.08 Å². The van der Waals surface area contributed by atoms with Gasteiger partial charge in [-0.3, -0.25) is 0 Å². The van der Waals surface area contributed by atoms with Crippen molar-refractivity contribution < 1.29 is 4.74 Å². The van der Waals surface area contributed by atoms with E-state index in [2.05, 4.69) is 31.2 Å². The summed E-state index contributed by atoms with van der Waals surface area (Å²) >= 11 is 0. The predicted octanol–water partition coefficient (Wildman–Crippen LogP) is 3.52. The molecule has 1 nitrogen and oxygen atoms in total. The van der Waals surface area contributed by atoms with E-state index in [4.69, 9.17) is 4.74 Å². The van der Waals surface area contributed by atoms with Gasteiger partial charge in [0.05, 0.1) is 6.61 Å². The highest BCUT2D eigenvalue weighted by molar-refractivity contribution is 5.48. The summed E-state index contributed by atoms with van der Waals surface area (Å²) in [6.45, 7) is 3.76. The molecule has 0 aromatic heterocycles. The summed E-state index contributed by atoms with van der Waals surface area (Å²) in [5, 5.41) is 0. The molecule has 1 heteroatoms. The molecule has 0 N–H and O–H groups in total. The summed E-state index contributed by atoms with van der Waals surface area (Å²) in [4.78, 5) is 0. The van der Waals surface area contributed by atoms with Crippen molar-refractivity contribution in [3.8, 4) is 0 Å². The highest BCUT2D eigenvalue weighted by atomic mass is 16.5. The third-order valence-corrected chi connectivity index (χ3v) is 1.97. The summed E-state index contributed by atoms with van der Waals surface area (Å²) in [7, 11) is 0. The van der Waals surface area contributed by atoms with E-state index in [0.717, 1.165) is 19.6 Å². The zero-order valence-electron chi connectivity index (χ0n) is 8.78. The van der Waals surface area contributed by atoms with Gasteiger partial charge in [0, 0.05) is 6.61 Å². The fourth-order valence-electron chi connectivity index (χ4n) is 1.15. The van der Waals surface area contributed by atoms with E-state index in [9.17, 15) is 0 Å². The Morgan fingerprint density at radius 2 is 2.00 bits per heavy atom. The van der Waals surface area contributed by atoms with Crippen molar-refractivity contribution in [2.45, 2.75) is 19.8 Å². The van der Waals surface area contributed by atoms with Crippen LogP contribution in [0.2, 0.25) is 0 Å². The molecule has 0 saturated carbocycles. The maximum atomic E-state index is 5.41. The van der Waals surface area contributed by atoms with Gasteiger partial charge in [0.2, 0.25) is 0 Å². The van der Waals surface area contributed by atoms with E-state index in [0.29, 0.717) is 0 Å². The topological polar surface area (TPSA) is 9.23 Å². The molecule has 0 aliphatic heterocycles. The smallest absolute Gasteiger partial charge is 0.0650 e. The normalized spacial score (nSPS) is 10.9. The summed E-state index contributed by atoms with van der Waals surface area (Å²) in [6.07, 6.45) is 6.50. The van der Waals surface area contributed by atoms with Gasteiger partial charge in [0.1, 0.15) is 0 Å². The van der Waals surface area contributed by atoms with Gasteiger partial charge < -0.3 is 4.74 Å². The fraction of sp³-hybridized carbons (Fsp3) is 0.385. The molecule has 76 valence electrons. The lowest BCUT2D eigenvalue weighted by Crippen LogP contribution is -1.92. The molecule has 0 atom stereocenters. The summed E-state index contributed by atoms with van der Waals surface area (Å²) in [6, 6.07) is 10.3. The Kier molecular flexibility index (Phi) is 5.76. The van der Waals surface area contributed by atoms with Crippen molar-refractivity contribution in [3.05, 3.63) is 42.0 Å². The van der Waals surface area contributed by atoms with Crippen molar-refractivity contribution in [1.82, 2.24) is 0 Å². The van der Waals surface area contributed by atoms with E-state index in [1.165, 1.54) is 12.0 Å². The van der Waals surface area contributed by atoms with E-state index < -0.39 is 0 Å². The molecule has 0 aliphatic rings. The van der Waals surface area contributed by atoms with Gasteiger partial charge in [0.15, 0.2) is 0 Å². The molecule has 0 heterocycles. The second kappa shape index (κ2) is 7.34. The van der Waals surface area contributed by atoms with Crippen LogP contribution in [0.25, 0.3) is 6.08 Å². The first kappa shape index (κ1) is 11.0. The monoisotopic (exact) mass is 190 g/mol. The second-order valence-corrected chi connectivity index (χ2v) is 3.24. The Labute approximate surface area is 86.4 Å². The average molecular weight is 190 g/mol. The summed E-state index contributed by atoms with van der Waals surface area (Å²) in [5.41, 5.74) is 1.23. The van der Waals surface area contributed by atoms with E-state index in [-0.39, 0.29) is 0 Å². The van der Waals surface area contributed by atoms with Crippen LogP contribution >= 0.6 is 0 Å². The van der Waals surface area contributed by atoms with Crippen LogP contribution in [0.1, 0.15) is 25.3 Å². The lowest BCUT2D eigenvalue weighted by molar-refractivity contribution is 0.159. The third-order valence-electron chi connectivity index (χ3n) is 1.97. The van der Waals surface area contributed by atoms with Crippen molar-refractivity contribution in [3.63, 3.8) is 0 Å². The second-order valence-electron chi connectivity index (χ2n) is 3.24. The van der Waals surface area contributed by atoms with Gasteiger partial charge in [-0.05, 0) is 12.0 Å². The zero-order chi connectivity index (χ0) is 10.1. The summed E-state index contributed by atoms with van der Waals surface area (Å²) < 4.78 is 5.41. The molecule has 0 unspecified atom stereocenters. The largest absolute Gasteiger partial charge is 0.377 e. The molecular weight excluding hydrogens is 172 g/mol. The van der Waals surface area contributed by atoms with Gasteiger partial charge in [-0.15, -0.1) is 0 Å². The molecule has 1 aromatic rings. The molecule has 0 saturated heterocycles. The van der Waals surface area contributed by atoms with Crippen LogP contribution in [0, 0.1) is 0 Å². The van der Waals surface area contributed by atoms with E-state index in [1.807, 2.05) is 18.2 Å². The number of ether oxygens (including phenoxy) is 1. The molecule has 0 aliphatic carbocycles. The minimum atomic E-state index is 0.717. The van der Waals surface area contributed by atoms with Crippen molar-refractivity contribution in [1.29, 1.82) is 0 Å². The van der Waals surface area contributed by atoms with Crippen LogP contribution in [0.4, 0.5) is 0 Å². The Bertz CT molecular complexity index is 251. The molecule has 0 amide bonds. The fourth-order valence-corrected chi connectivity index (χ4v) is 1.15. The zero-order valence-corrected chi connectivity index (χ0v) is 8.78. The van der Waals surface area contributed by atoms with Crippen LogP contribution in [0.5, 0.6) is 0 Å². The third kappa shape index (κ3) is 4.83. The van der Waals surface area contributed by atoms with Crippen LogP contribution in [0.15, 0.2) is 36.4 Å². The molecular formula is C13H18O. The number of hydrogen-bond acceptors (Lipinski definition) is 1. The van der Waals surface area contributed by atoms with Crippen LogP contribution < -0.4 is 0 Å². The Balaban J connectivity index is 2.15.